The molecule has 1 aromatic rings. The molecule has 1 aliphatic rings. The van der Waals surface area contributed by atoms with Crippen molar-refractivity contribution in [1.29, 1.82) is 0 Å². The molecule has 1 unspecified atom stereocenters. The van der Waals surface area contributed by atoms with E-state index < -0.39 is 16.0 Å². The highest BCUT2D eigenvalue weighted by atomic mass is 32.2. The average molecular weight is 316 g/mol. The lowest BCUT2D eigenvalue weighted by molar-refractivity contribution is 0.0600. The van der Waals surface area contributed by atoms with Crippen molar-refractivity contribution in [3.05, 3.63) is 17.9 Å². The zero-order valence-electron chi connectivity index (χ0n) is 12.3. The minimum absolute atomic E-state index is 0.0498. The summed E-state index contributed by atoms with van der Waals surface area (Å²) in [6.45, 7) is 4.51. The second-order valence-corrected chi connectivity index (χ2v) is 7.74. The van der Waals surface area contributed by atoms with Crippen LogP contribution in [0.4, 0.5) is 0 Å². The molecule has 1 aliphatic heterocycles. The highest BCUT2D eigenvalue weighted by Crippen LogP contribution is 2.31. The van der Waals surface area contributed by atoms with Crippen LogP contribution in [0, 0.1) is 5.41 Å². The van der Waals surface area contributed by atoms with Gasteiger partial charge in [0.2, 0.25) is 5.09 Å². The van der Waals surface area contributed by atoms with E-state index in [1.54, 1.807) is 0 Å². The number of carbonyl (C=O) groups is 1. The predicted octanol–water partition coefficient (Wildman–Crippen LogP) is 0.814. The van der Waals surface area contributed by atoms with Crippen molar-refractivity contribution in [2.24, 2.45) is 11.1 Å². The molecule has 0 spiro atoms. The van der Waals surface area contributed by atoms with Crippen LogP contribution in [-0.4, -0.2) is 44.9 Å². The molecular formula is C13H20N2O5S. The molecule has 1 fully saturated rings. The molecule has 0 amide bonds. The third-order valence-electron chi connectivity index (χ3n) is 3.87. The Kier molecular flexibility index (Phi) is 4.14. The van der Waals surface area contributed by atoms with Gasteiger partial charge >= 0.3 is 5.97 Å². The first kappa shape index (κ1) is 16.0. The zero-order chi connectivity index (χ0) is 15.8. The Bertz CT molecular complexity index is 635. The van der Waals surface area contributed by atoms with Gasteiger partial charge in [-0.05, 0) is 11.8 Å². The van der Waals surface area contributed by atoms with Crippen molar-refractivity contribution < 1.29 is 22.4 Å². The molecular weight excluding hydrogens is 296 g/mol. The van der Waals surface area contributed by atoms with Crippen molar-refractivity contribution >= 4 is 16.0 Å². The Morgan fingerprint density at radius 3 is 2.76 bits per heavy atom. The van der Waals surface area contributed by atoms with Crippen LogP contribution in [0.25, 0.3) is 0 Å². The van der Waals surface area contributed by atoms with Crippen LogP contribution < -0.4 is 5.73 Å². The lowest BCUT2D eigenvalue weighted by Gasteiger charge is -2.41. The quantitative estimate of drug-likeness (QED) is 0.828. The van der Waals surface area contributed by atoms with E-state index in [9.17, 15) is 13.2 Å². The highest BCUT2D eigenvalue weighted by Gasteiger charge is 2.40. The lowest BCUT2D eigenvalue weighted by atomic mass is 9.81. The fourth-order valence-electron chi connectivity index (χ4n) is 2.33. The minimum Gasteiger partial charge on any atom is -0.465 e. The van der Waals surface area contributed by atoms with Crippen LogP contribution in [-0.2, 0) is 14.8 Å². The third-order valence-corrected chi connectivity index (χ3v) is 5.58. The number of methoxy groups -OCH3 is 1. The Balaban J connectivity index is 2.26. The number of rotatable bonds is 3. The van der Waals surface area contributed by atoms with Gasteiger partial charge in [-0.15, -0.1) is 0 Å². The summed E-state index contributed by atoms with van der Waals surface area (Å²) in [6, 6.07) is 1.13. The van der Waals surface area contributed by atoms with Crippen LogP contribution in [0.5, 0.6) is 0 Å². The smallest absolute Gasteiger partial charge is 0.341 e. The van der Waals surface area contributed by atoms with Crippen molar-refractivity contribution in [2.45, 2.75) is 31.4 Å². The number of hydrogen-bond donors (Lipinski definition) is 1. The second-order valence-electron chi connectivity index (χ2n) is 5.87. The number of piperidine rings is 1. The number of esters is 1. The van der Waals surface area contributed by atoms with Gasteiger partial charge in [-0.3, -0.25) is 0 Å². The molecule has 7 nitrogen and oxygen atoms in total. The molecule has 1 aromatic heterocycles. The summed E-state index contributed by atoms with van der Waals surface area (Å²) in [7, 11) is -2.55. The number of ether oxygens (including phenoxy) is 1. The topological polar surface area (TPSA) is 103 Å². The van der Waals surface area contributed by atoms with Gasteiger partial charge in [0, 0.05) is 25.2 Å². The van der Waals surface area contributed by atoms with Crippen molar-refractivity contribution in [3.8, 4) is 0 Å². The molecule has 0 radical (unpaired) electrons. The van der Waals surface area contributed by atoms with Gasteiger partial charge in [-0.2, -0.15) is 4.31 Å². The first-order valence-corrected chi connectivity index (χ1v) is 8.05. The van der Waals surface area contributed by atoms with Gasteiger partial charge in [-0.25, -0.2) is 13.2 Å². The van der Waals surface area contributed by atoms with Gasteiger partial charge in [0.15, 0.2) is 0 Å². The molecule has 8 heteroatoms. The molecule has 0 aromatic carbocycles. The summed E-state index contributed by atoms with van der Waals surface area (Å²) in [5, 5.41) is -0.255. The van der Waals surface area contributed by atoms with E-state index >= 15 is 0 Å². The average Bonchev–Trinajstić information content (AvgIpc) is 2.91. The standard InChI is InChI=1S/C13H20N2O5S/c1-13(2)8-15(5-4-10(13)14)21(17,18)11-6-9(7-20-11)12(16)19-3/h6-7,10H,4-5,8,14H2,1-3H3. The van der Waals surface area contributed by atoms with E-state index in [0.29, 0.717) is 19.5 Å². The summed E-state index contributed by atoms with van der Waals surface area (Å²) >= 11 is 0. The maximum absolute atomic E-state index is 12.5. The van der Waals surface area contributed by atoms with Crippen LogP contribution in [0.15, 0.2) is 21.8 Å². The normalized spacial score (nSPS) is 23.0. The zero-order valence-corrected chi connectivity index (χ0v) is 13.1. The van der Waals surface area contributed by atoms with E-state index in [-0.39, 0.29) is 22.1 Å². The van der Waals surface area contributed by atoms with Crippen molar-refractivity contribution in [1.82, 2.24) is 4.31 Å². The fraction of sp³-hybridized carbons (Fsp3) is 0.615. The number of nitrogens with two attached hydrogens (primary N) is 1. The Hall–Kier alpha value is -1.38. The predicted molar refractivity (Wildman–Crippen MR) is 75.2 cm³/mol. The number of furan rings is 1. The molecule has 2 N–H and O–H groups in total. The van der Waals surface area contributed by atoms with Crippen LogP contribution in [0.3, 0.4) is 0 Å². The monoisotopic (exact) mass is 316 g/mol. The molecule has 2 heterocycles. The van der Waals surface area contributed by atoms with E-state index in [1.165, 1.54) is 17.5 Å². The maximum Gasteiger partial charge on any atom is 0.341 e. The van der Waals surface area contributed by atoms with E-state index in [4.69, 9.17) is 10.2 Å². The summed E-state index contributed by atoms with van der Waals surface area (Å²) < 4.78 is 36.0. The number of hydrogen-bond acceptors (Lipinski definition) is 6. The molecule has 118 valence electrons. The van der Waals surface area contributed by atoms with Crippen molar-refractivity contribution in [2.75, 3.05) is 20.2 Å². The van der Waals surface area contributed by atoms with Crippen LogP contribution >= 0.6 is 0 Å². The van der Waals surface area contributed by atoms with Gasteiger partial charge in [0.05, 0.1) is 12.7 Å². The molecule has 0 bridgehead atoms. The second kappa shape index (κ2) is 5.43. The molecule has 1 atom stereocenters. The summed E-state index contributed by atoms with van der Waals surface area (Å²) in [6.07, 6.45) is 1.66. The first-order chi connectivity index (χ1) is 9.68. The third kappa shape index (κ3) is 2.97. The summed E-state index contributed by atoms with van der Waals surface area (Å²) in [4.78, 5) is 11.4. The van der Waals surface area contributed by atoms with E-state index in [2.05, 4.69) is 4.74 Å². The van der Waals surface area contributed by atoms with E-state index in [0.717, 1.165) is 6.26 Å². The van der Waals surface area contributed by atoms with E-state index in [1.807, 2.05) is 13.8 Å². The fourth-order valence-corrected chi connectivity index (χ4v) is 3.88. The molecule has 2 rings (SSSR count). The van der Waals surface area contributed by atoms with Gasteiger partial charge in [0.25, 0.3) is 10.0 Å². The maximum atomic E-state index is 12.5. The lowest BCUT2D eigenvalue weighted by Crippen LogP contribution is -2.53. The Labute approximate surface area is 124 Å². The van der Waals surface area contributed by atoms with Gasteiger partial charge in [0.1, 0.15) is 6.26 Å². The minimum atomic E-state index is -3.77. The number of sulfonamides is 1. The molecule has 0 saturated carbocycles. The SMILES string of the molecule is COC(=O)c1coc(S(=O)(=O)N2CCC(N)C(C)(C)C2)c1. The summed E-state index contributed by atoms with van der Waals surface area (Å²) in [5.74, 6) is -0.638. The molecule has 0 aliphatic carbocycles. The highest BCUT2D eigenvalue weighted by molar-refractivity contribution is 7.89. The summed E-state index contributed by atoms with van der Waals surface area (Å²) in [5.41, 5.74) is 5.77. The largest absolute Gasteiger partial charge is 0.465 e. The Morgan fingerprint density at radius 2 is 2.19 bits per heavy atom. The van der Waals surface area contributed by atoms with Gasteiger partial charge < -0.3 is 14.9 Å². The first-order valence-electron chi connectivity index (χ1n) is 6.61. The Morgan fingerprint density at radius 1 is 1.52 bits per heavy atom. The van der Waals surface area contributed by atoms with Gasteiger partial charge in [-0.1, -0.05) is 13.8 Å². The number of carbonyl (C=O) groups excluding carboxylic acids is 1. The number of nitrogens with zero attached hydrogens (tertiary/aromatic N) is 1. The molecule has 1 saturated heterocycles. The van der Waals surface area contributed by atoms with Crippen molar-refractivity contribution in [3.63, 3.8) is 0 Å². The van der Waals surface area contributed by atoms with Crippen LogP contribution in [0.1, 0.15) is 30.6 Å². The molecule has 21 heavy (non-hydrogen) atoms. The van der Waals surface area contributed by atoms with Crippen LogP contribution in [0.2, 0.25) is 0 Å².